The Labute approximate surface area is 133 Å². The summed E-state index contributed by atoms with van der Waals surface area (Å²) in [6, 6.07) is 7.53. The fourth-order valence-corrected chi connectivity index (χ4v) is 2.60. The Morgan fingerprint density at radius 1 is 1.23 bits per heavy atom. The second kappa shape index (κ2) is 5.21. The van der Waals surface area contributed by atoms with Gasteiger partial charge in [0.25, 0.3) is 0 Å². The third-order valence-corrected chi connectivity index (χ3v) is 3.93. The summed E-state index contributed by atoms with van der Waals surface area (Å²) < 4.78 is 5.14. The van der Waals surface area contributed by atoms with Gasteiger partial charge in [0.05, 0.1) is 19.1 Å². The van der Waals surface area contributed by atoms with E-state index in [0.717, 1.165) is 11.3 Å². The minimum Gasteiger partial charge on any atom is -0.497 e. The second-order valence-corrected chi connectivity index (χ2v) is 5.96. The fourth-order valence-electron chi connectivity index (χ4n) is 2.49. The molecule has 1 aromatic heterocycles. The highest BCUT2D eigenvalue weighted by Gasteiger charge is 2.47. The maximum atomic E-state index is 12.7. The van der Waals surface area contributed by atoms with Gasteiger partial charge in [0.2, 0.25) is 11.2 Å². The number of hydrogen-bond acceptors (Lipinski definition) is 5. The zero-order valence-corrected chi connectivity index (χ0v) is 13.3. The SMILES string of the molecule is COc1ccc(CN2C(=O)C(C)(C)c3nnc(Cl)nc32)cc1. The van der Waals surface area contributed by atoms with Gasteiger partial charge in [-0.15, -0.1) is 10.2 Å². The van der Waals surface area contributed by atoms with Crippen LogP contribution >= 0.6 is 11.6 Å². The van der Waals surface area contributed by atoms with Crippen LogP contribution in [0.2, 0.25) is 5.28 Å². The lowest BCUT2D eigenvalue weighted by atomic mass is 9.91. The molecule has 1 aliphatic rings. The van der Waals surface area contributed by atoms with Crippen LogP contribution in [0.15, 0.2) is 24.3 Å². The first-order valence-electron chi connectivity index (χ1n) is 6.79. The maximum Gasteiger partial charge on any atom is 0.244 e. The van der Waals surface area contributed by atoms with Gasteiger partial charge < -0.3 is 4.74 Å². The topological polar surface area (TPSA) is 68.2 Å². The van der Waals surface area contributed by atoms with E-state index >= 15 is 0 Å². The number of anilines is 1. The monoisotopic (exact) mass is 318 g/mol. The van der Waals surface area contributed by atoms with Crippen molar-refractivity contribution in [2.75, 3.05) is 12.0 Å². The molecule has 0 bridgehead atoms. The summed E-state index contributed by atoms with van der Waals surface area (Å²) >= 11 is 5.83. The minimum atomic E-state index is -0.758. The molecule has 2 aromatic rings. The van der Waals surface area contributed by atoms with Crippen molar-refractivity contribution in [2.45, 2.75) is 25.8 Å². The Morgan fingerprint density at radius 2 is 1.91 bits per heavy atom. The average Bonchev–Trinajstić information content (AvgIpc) is 2.69. The zero-order valence-electron chi connectivity index (χ0n) is 12.5. The molecule has 0 spiro atoms. The van der Waals surface area contributed by atoms with Crippen molar-refractivity contribution in [2.24, 2.45) is 0 Å². The van der Waals surface area contributed by atoms with Crippen molar-refractivity contribution in [3.05, 3.63) is 40.8 Å². The van der Waals surface area contributed by atoms with Gasteiger partial charge in [-0.3, -0.25) is 9.69 Å². The summed E-state index contributed by atoms with van der Waals surface area (Å²) in [5.74, 6) is 1.18. The Balaban J connectivity index is 1.97. The van der Waals surface area contributed by atoms with Crippen LogP contribution in [0.4, 0.5) is 5.82 Å². The molecule has 2 heterocycles. The third-order valence-electron chi connectivity index (χ3n) is 3.77. The lowest BCUT2D eigenvalue weighted by Gasteiger charge is -2.19. The molecule has 1 amide bonds. The molecule has 6 nitrogen and oxygen atoms in total. The third kappa shape index (κ3) is 2.29. The number of amides is 1. The van der Waals surface area contributed by atoms with Crippen molar-refractivity contribution < 1.29 is 9.53 Å². The first-order valence-corrected chi connectivity index (χ1v) is 7.17. The number of carbonyl (C=O) groups excluding carboxylic acids is 1. The summed E-state index contributed by atoms with van der Waals surface area (Å²) in [6.07, 6.45) is 0. The van der Waals surface area contributed by atoms with Crippen LogP contribution in [-0.4, -0.2) is 28.2 Å². The summed E-state index contributed by atoms with van der Waals surface area (Å²) in [6.45, 7) is 4.02. The van der Waals surface area contributed by atoms with E-state index in [1.165, 1.54) is 0 Å². The number of rotatable bonds is 3. The van der Waals surface area contributed by atoms with Gasteiger partial charge in [0, 0.05) is 0 Å². The number of methoxy groups -OCH3 is 1. The first-order chi connectivity index (χ1) is 10.4. The van der Waals surface area contributed by atoms with Crippen molar-refractivity contribution >= 4 is 23.3 Å². The molecular weight excluding hydrogens is 304 g/mol. The number of halogens is 1. The van der Waals surface area contributed by atoms with Crippen molar-refractivity contribution in [3.8, 4) is 5.75 Å². The van der Waals surface area contributed by atoms with E-state index in [4.69, 9.17) is 16.3 Å². The standard InChI is InChI=1S/C15H15ClN4O2/c1-15(2)11-12(17-14(16)19-18-11)20(13(15)21)8-9-4-6-10(22-3)7-5-9/h4-7H,8H2,1-3H3. The van der Waals surface area contributed by atoms with Crippen molar-refractivity contribution in [1.29, 1.82) is 0 Å². The summed E-state index contributed by atoms with van der Waals surface area (Å²) in [4.78, 5) is 18.5. The molecule has 0 aliphatic carbocycles. The van der Waals surface area contributed by atoms with Crippen LogP contribution in [0.1, 0.15) is 25.1 Å². The molecule has 22 heavy (non-hydrogen) atoms. The van der Waals surface area contributed by atoms with Gasteiger partial charge >= 0.3 is 0 Å². The Morgan fingerprint density at radius 3 is 2.55 bits per heavy atom. The zero-order chi connectivity index (χ0) is 15.9. The smallest absolute Gasteiger partial charge is 0.244 e. The number of hydrogen-bond donors (Lipinski definition) is 0. The van der Waals surface area contributed by atoms with Crippen LogP contribution in [0, 0.1) is 0 Å². The van der Waals surface area contributed by atoms with Gasteiger partial charge in [-0.1, -0.05) is 12.1 Å². The summed E-state index contributed by atoms with van der Waals surface area (Å²) in [5, 5.41) is 7.84. The number of carbonyl (C=O) groups is 1. The molecule has 0 atom stereocenters. The van der Waals surface area contributed by atoms with Crippen LogP contribution < -0.4 is 9.64 Å². The molecule has 0 saturated heterocycles. The van der Waals surface area contributed by atoms with Crippen molar-refractivity contribution in [1.82, 2.24) is 15.2 Å². The Kier molecular flexibility index (Phi) is 3.48. The van der Waals surface area contributed by atoms with E-state index in [1.54, 1.807) is 12.0 Å². The molecule has 114 valence electrons. The average molecular weight is 319 g/mol. The van der Waals surface area contributed by atoms with Gasteiger partial charge in [0.15, 0.2) is 5.82 Å². The van der Waals surface area contributed by atoms with E-state index in [9.17, 15) is 4.79 Å². The number of benzene rings is 1. The normalized spacial score (nSPS) is 15.8. The van der Waals surface area contributed by atoms with Crippen molar-refractivity contribution in [3.63, 3.8) is 0 Å². The predicted molar refractivity (Wildman–Crippen MR) is 82.0 cm³/mol. The van der Waals surface area contributed by atoms with Gasteiger partial charge in [-0.05, 0) is 43.1 Å². The van der Waals surface area contributed by atoms with Crippen LogP contribution in [-0.2, 0) is 16.8 Å². The van der Waals surface area contributed by atoms with Gasteiger partial charge in [-0.25, -0.2) is 0 Å². The number of ether oxygens (including phenoxy) is 1. The van der Waals surface area contributed by atoms with E-state index < -0.39 is 5.41 Å². The lowest BCUT2D eigenvalue weighted by Crippen LogP contribution is -2.36. The Bertz CT molecular complexity index is 731. The molecule has 0 fully saturated rings. The molecule has 1 aromatic carbocycles. The molecule has 0 unspecified atom stereocenters. The molecule has 1 aliphatic heterocycles. The lowest BCUT2D eigenvalue weighted by molar-refractivity contribution is -0.122. The number of aromatic nitrogens is 3. The first kappa shape index (κ1) is 14.7. The van der Waals surface area contributed by atoms with Gasteiger partial charge in [-0.2, -0.15) is 4.98 Å². The van der Waals surface area contributed by atoms with Crippen LogP contribution in [0.25, 0.3) is 0 Å². The van der Waals surface area contributed by atoms with E-state index in [-0.39, 0.29) is 11.2 Å². The fraction of sp³-hybridized carbons (Fsp3) is 0.333. The molecule has 7 heteroatoms. The number of fused-ring (bicyclic) bond motifs is 1. The quantitative estimate of drug-likeness (QED) is 0.869. The highest BCUT2D eigenvalue weighted by atomic mass is 35.5. The van der Waals surface area contributed by atoms with E-state index in [1.807, 2.05) is 38.1 Å². The highest BCUT2D eigenvalue weighted by molar-refractivity contribution is 6.28. The Hall–Kier alpha value is -2.21. The molecule has 3 rings (SSSR count). The molecule has 0 radical (unpaired) electrons. The highest BCUT2D eigenvalue weighted by Crippen LogP contribution is 2.39. The summed E-state index contributed by atoms with van der Waals surface area (Å²) in [5.41, 5.74) is 0.759. The minimum absolute atomic E-state index is 0.0315. The van der Waals surface area contributed by atoms with Crippen LogP contribution in [0.3, 0.4) is 0 Å². The van der Waals surface area contributed by atoms with Gasteiger partial charge in [0.1, 0.15) is 11.4 Å². The maximum absolute atomic E-state index is 12.7. The van der Waals surface area contributed by atoms with E-state index in [0.29, 0.717) is 18.1 Å². The van der Waals surface area contributed by atoms with E-state index in [2.05, 4.69) is 15.2 Å². The largest absolute Gasteiger partial charge is 0.497 e. The number of nitrogens with zero attached hydrogens (tertiary/aromatic N) is 4. The molecular formula is C15H15ClN4O2. The molecule has 0 saturated carbocycles. The molecule has 0 N–H and O–H groups in total. The van der Waals surface area contributed by atoms with Crippen LogP contribution in [0.5, 0.6) is 5.75 Å². The second-order valence-electron chi connectivity index (χ2n) is 5.62. The summed E-state index contributed by atoms with van der Waals surface area (Å²) in [7, 11) is 1.61. The predicted octanol–water partition coefficient (Wildman–Crippen LogP) is 2.36.